The molecule has 0 spiro atoms. The second-order valence-corrected chi connectivity index (χ2v) is 17.3. The molecule has 2 aliphatic heterocycles. The number of carboxylic acids is 3. The van der Waals surface area contributed by atoms with Gasteiger partial charge in [0.15, 0.2) is 5.96 Å². The van der Waals surface area contributed by atoms with Crippen LogP contribution in [0.1, 0.15) is 71.1 Å². The first-order valence-electron chi connectivity index (χ1n) is 23.8. The summed E-state index contributed by atoms with van der Waals surface area (Å²) in [6.07, 6.45) is -3.77. The highest BCUT2D eigenvalue weighted by Gasteiger charge is 2.41. The number of nitrogens with one attached hydrogen (secondary N) is 7. The monoisotopic (exact) mass is 1110 g/mol. The Morgan fingerprint density at radius 2 is 1.12 bits per heavy atom. The van der Waals surface area contributed by atoms with E-state index in [1.807, 2.05) is 0 Å². The van der Waals surface area contributed by atoms with Gasteiger partial charge in [0, 0.05) is 19.6 Å². The molecule has 0 bridgehead atoms. The zero-order chi connectivity index (χ0) is 58.7. The molecule has 2 saturated heterocycles. The molecule has 2 rings (SSSR count). The number of carboxylic acid groups (broad SMARTS) is 3. The number of hydrogen-bond acceptors (Lipinski definition) is 18. The largest absolute Gasteiger partial charge is 0.490 e. The van der Waals surface area contributed by atoms with E-state index in [-0.39, 0.29) is 64.2 Å². The first-order chi connectivity index (χ1) is 36.0. The predicted molar refractivity (Wildman–Crippen MR) is 255 cm³/mol. The van der Waals surface area contributed by atoms with Crippen LogP contribution in [-0.4, -0.2) is 231 Å². The number of nitrogens with two attached hydrogens (primary N) is 4. The van der Waals surface area contributed by atoms with Gasteiger partial charge in [-0.2, -0.15) is 13.2 Å². The van der Waals surface area contributed by atoms with Gasteiger partial charge in [0.2, 0.25) is 53.2 Å². The van der Waals surface area contributed by atoms with Crippen molar-refractivity contribution in [2.75, 3.05) is 52.5 Å². The smallest absolute Gasteiger partial charge is 0.481 e. The Labute approximate surface area is 437 Å². The second kappa shape index (κ2) is 33.5. The lowest BCUT2D eigenvalue weighted by Crippen LogP contribution is -2.61. The normalized spacial score (nSPS) is 17.7. The molecule has 2 aliphatic rings. The maximum Gasteiger partial charge on any atom is 0.490 e. The van der Waals surface area contributed by atoms with Crippen molar-refractivity contribution in [3.8, 4) is 0 Å². The highest BCUT2D eigenvalue weighted by atomic mass is 19.4. The van der Waals surface area contributed by atoms with Gasteiger partial charge in [0.05, 0.1) is 38.8 Å². The number of unbranched alkanes of at least 4 members (excludes halogenated alkanes) is 1. The van der Waals surface area contributed by atoms with E-state index in [9.17, 15) is 91.4 Å². The molecule has 21 N–H and O–H groups in total. The first-order valence-corrected chi connectivity index (χ1v) is 23.8. The van der Waals surface area contributed by atoms with E-state index in [4.69, 9.17) is 32.8 Å². The second-order valence-electron chi connectivity index (χ2n) is 17.3. The van der Waals surface area contributed by atoms with Crippen molar-refractivity contribution in [2.45, 2.75) is 132 Å². The Morgan fingerprint density at radius 1 is 0.636 bits per heavy atom. The fourth-order valence-electron chi connectivity index (χ4n) is 7.38. The van der Waals surface area contributed by atoms with E-state index >= 15 is 0 Å². The quantitative estimate of drug-likeness (QED) is 0.0180. The van der Waals surface area contributed by atoms with Crippen LogP contribution in [0.15, 0.2) is 4.99 Å². The van der Waals surface area contributed by atoms with E-state index in [2.05, 4.69) is 42.2 Å². The van der Waals surface area contributed by atoms with Gasteiger partial charge in [-0.15, -0.1) is 0 Å². The summed E-state index contributed by atoms with van der Waals surface area (Å²) in [6, 6.07) is -13.1. The number of aliphatic hydroxyl groups excluding tert-OH is 3. The van der Waals surface area contributed by atoms with Gasteiger partial charge in [-0.25, -0.2) is 9.59 Å². The fraction of sp³-hybridized carbons (Fsp3) is 0.690. The van der Waals surface area contributed by atoms with Gasteiger partial charge in [0.25, 0.3) is 0 Å². The third-order valence-electron chi connectivity index (χ3n) is 11.4. The van der Waals surface area contributed by atoms with E-state index in [1.54, 1.807) is 0 Å². The van der Waals surface area contributed by atoms with E-state index in [0.29, 0.717) is 25.7 Å². The molecule has 32 nitrogen and oxygen atoms in total. The number of halogens is 3. The van der Waals surface area contributed by atoms with Crippen molar-refractivity contribution >= 4 is 77.0 Å². The molecular weight excluding hydrogens is 1050 g/mol. The van der Waals surface area contributed by atoms with Crippen LogP contribution in [0.4, 0.5) is 13.2 Å². The number of carbonyl (C=O) groups is 12. The number of aliphatic imine (C=N–C) groups is 1. The molecule has 0 aliphatic carbocycles. The number of amides is 9. The number of carbonyl (C=O) groups excluding carboxylic acids is 9. The van der Waals surface area contributed by atoms with Gasteiger partial charge < -0.3 is 101 Å². The SMILES string of the molecule is C[C@H](NC(=O)[C@@H]1CCCN1C(=O)[C@H](CO)NC(=O)[C@H](CC(=O)O)NC(=O)CNC(=O)[C@@H](N)CCCN=C(N)N)C(=O)N[C@@H](CO)C(=O)N[C@@H](CO)C(=O)N[C@@H](CCCCN)C(=O)N1CCC[C@H]1C(=O)O.O=C(O)C(F)(F)F. The van der Waals surface area contributed by atoms with Gasteiger partial charge >= 0.3 is 24.1 Å². The van der Waals surface area contributed by atoms with Gasteiger partial charge in [-0.1, -0.05) is 0 Å². The van der Waals surface area contributed by atoms with Crippen LogP contribution in [0.2, 0.25) is 0 Å². The molecule has 0 saturated carbocycles. The molecule has 2 fully saturated rings. The number of aliphatic carboxylic acids is 3. The van der Waals surface area contributed by atoms with Crippen molar-refractivity contribution in [3.63, 3.8) is 0 Å². The molecule has 0 aromatic heterocycles. The molecular formula is C42H69F3N14O18. The number of likely N-dealkylation sites (tertiary alicyclic amines) is 2. The molecule has 77 heavy (non-hydrogen) atoms. The third-order valence-corrected chi connectivity index (χ3v) is 11.4. The fourth-order valence-corrected chi connectivity index (χ4v) is 7.38. The summed E-state index contributed by atoms with van der Waals surface area (Å²) < 4.78 is 31.7. The molecule has 436 valence electrons. The molecule has 35 heteroatoms. The number of hydrogen-bond donors (Lipinski definition) is 17. The number of nitrogens with zero attached hydrogens (tertiary/aromatic N) is 3. The maximum atomic E-state index is 13.6. The lowest BCUT2D eigenvalue weighted by atomic mass is 10.1. The molecule has 9 amide bonds. The Hall–Kier alpha value is -7.50. The topological polar surface area (TPSA) is 533 Å². The minimum absolute atomic E-state index is 0.0469. The van der Waals surface area contributed by atoms with Crippen LogP contribution in [0, 0.1) is 0 Å². The van der Waals surface area contributed by atoms with E-state index < -0.39 is 164 Å². The van der Waals surface area contributed by atoms with Crippen molar-refractivity contribution in [3.05, 3.63) is 0 Å². The molecule has 9 atom stereocenters. The highest BCUT2D eigenvalue weighted by molar-refractivity contribution is 5.99. The Bertz CT molecular complexity index is 2120. The standard InChI is InChI=1S/C40H68N14O16.C2HF3O2/c1-20(31(61)50-24(17-55)35(65)51-25(18-56)34(64)49-22(8-2-3-11-41)37(67)54-14-6-10-28(54)39(69)70)47-36(66)27-9-5-13-53(27)38(68)26(19-57)52-33(63)23(15-30(59)60)48-29(58)16-46-32(62)21(42)7-4-12-45-40(43)44;3-2(4,5)1(6)7/h20-28,55-57H,2-19,41-42H2,1H3,(H,46,62)(H,47,66)(H,48,58)(H,49,64)(H,50,61)(H,51,65)(H,52,63)(H,59,60)(H,69,70)(H4,43,44,45);(H,6,7)/t20-,21-,22-,23-,24-,25-,26-,27-,28-;/m0./s1. The molecule has 0 unspecified atom stereocenters. The molecule has 0 radical (unpaired) electrons. The van der Waals surface area contributed by atoms with Crippen LogP contribution in [0.25, 0.3) is 0 Å². The summed E-state index contributed by atoms with van der Waals surface area (Å²) in [5.41, 5.74) is 21.8. The Morgan fingerprint density at radius 3 is 1.61 bits per heavy atom. The van der Waals surface area contributed by atoms with Crippen LogP contribution < -0.4 is 60.2 Å². The number of guanidine groups is 1. The maximum absolute atomic E-state index is 13.6. The lowest BCUT2D eigenvalue weighted by Gasteiger charge is -2.29. The Balaban J connectivity index is 0.00000394. The van der Waals surface area contributed by atoms with E-state index in [1.165, 1.54) is 6.92 Å². The lowest BCUT2D eigenvalue weighted by molar-refractivity contribution is -0.192. The van der Waals surface area contributed by atoms with Gasteiger partial charge in [-0.05, 0) is 71.3 Å². The van der Waals surface area contributed by atoms with Crippen LogP contribution in [-0.2, 0) is 57.5 Å². The molecule has 0 aromatic rings. The van der Waals surface area contributed by atoms with Crippen LogP contribution in [0.5, 0.6) is 0 Å². The van der Waals surface area contributed by atoms with E-state index in [0.717, 1.165) is 9.80 Å². The van der Waals surface area contributed by atoms with Crippen molar-refractivity contribution in [1.82, 2.24) is 47.0 Å². The number of aliphatic hydroxyl groups is 3. The van der Waals surface area contributed by atoms with Crippen molar-refractivity contribution in [2.24, 2.45) is 27.9 Å². The minimum Gasteiger partial charge on any atom is -0.481 e. The number of rotatable bonds is 30. The summed E-state index contributed by atoms with van der Waals surface area (Å²) in [6.45, 7) is -2.05. The third kappa shape index (κ3) is 23.5. The number of alkyl halides is 3. The van der Waals surface area contributed by atoms with Crippen LogP contribution in [0.3, 0.4) is 0 Å². The van der Waals surface area contributed by atoms with Gasteiger partial charge in [0.1, 0.15) is 48.3 Å². The van der Waals surface area contributed by atoms with Crippen LogP contribution >= 0.6 is 0 Å². The average molecular weight is 1120 g/mol. The minimum atomic E-state index is -5.08. The summed E-state index contributed by atoms with van der Waals surface area (Å²) in [5, 5.41) is 71.9. The summed E-state index contributed by atoms with van der Waals surface area (Å²) in [4.78, 5) is 156. The molecule has 2 heterocycles. The zero-order valence-corrected chi connectivity index (χ0v) is 41.8. The summed E-state index contributed by atoms with van der Waals surface area (Å²) in [5.74, 6) is -14.4. The predicted octanol–water partition coefficient (Wildman–Crippen LogP) is -8.31. The van der Waals surface area contributed by atoms with Gasteiger partial charge in [-0.3, -0.25) is 52.9 Å². The average Bonchev–Trinajstić information content (AvgIpc) is 4.07. The Kier molecular flexibility index (Phi) is 29.4. The summed E-state index contributed by atoms with van der Waals surface area (Å²) in [7, 11) is 0. The summed E-state index contributed by atoms with van der Waals surface area (Å²) >= 11 is 0. The highest BCUT2D eigenvalue weighted by Crippen LogP contribution is 2.21. The van der Waals surface area contributed by atoms with Crippen molar-refractivity contribution < 1.29 is 101 Å². The first kappa shape index (κ1) is 67.5. The zero-order valence-electron chi connectivity index (χ0n) is 41.8. The van der Waals surface area contributed by atoms with Crippen molar-refractivity contribution in [1.29, 1.82) is 0 Å². The molecule has 0 aromatic carbocycles.